The van der Waals surface area contributed by atoms with E-state index in [1.165, 1.54) is 6.33 Å². The molecule has 4 aromatic rings. The number of aromatic amines is 1. The maximum absolute atomic E-state index is 10.6. The molecule has 4 aromatic heterocycles. The summed E-state index contributed by atoms with van der Waals surface area (Å²) in [6.45, 7) is 0. The van der Waals surface area contributed by atoms with E-state index in [1.807, 2.05) is 30.6 Å². The molecule has 0 aliphatic heterocycles. The minimum absolute atomic E-state index is 0.157. The van der Waals surface area contributed by atoms with Crippen molar-refractivity contribution in [1.82, 2.24) is 29.7 Å². The number of nitriles is 1. The predicted octanol–water partition coefficient (Wildman–Crippen LogP) is 3.35. The fourth-order valence-corrected chi connectivity index (χ4v) is 2.77. The monoisotopic (exact) mass is 429 g/mol. The zero-order chi connectivity index (χ0) is 22.4. The first-order valence-electron chi connectivity index (χ1n) is 8.71. The lowest BCUT2D eigenvalue weighted by molar-refractivity contribution is -0.192. The van der Waals surface area contributed by atoms with Crippen molar-refractivity contribution in [1.29, 1.82) is 5.26 Å². The third kappa shape index (κ3) is 5.02. The third-order valence-electron chi connectivity index (χ3n) is 4.17. The minimum atomic E-state index is -5.08. The van der Waals surface area contributed by atoms with Gasteiger partial charge in [-0.1, -0.05) is 0 Å². The summed E-state index contributed by atoms with van der Waals surface area (Å²) in [5, 5.41) is 21.7. The Balaban J connectivity index is 0.000000339. The number of hydrogen-bond acceptors (Lipinski definition) is 6. The first kappa shape index (κ1) is 21.4. The van der Waals surface area contributed by atoms with Crippen LogP contribution in [-0.4, -0.2) is 47.0 Å². The van der Waals surface area contributed by atoms with E-state index in [-0.39, 0.29) is 6.04 Å². The van der Waals surface area contributed by atoms with Gasteiger partial charge in [0.05, 0.1) is 30.4 Å². The van der Waals surface area contributed by atoms with Gasteiger partial charge in [-0.15, -0.1) is 0 Å². The number of carbonyl (C=O) groups is 1. The number of aliphatic carboxylic acids is 1. The molecule has 0 aliphatic rings. The minimum Gasteiger partial charge on any atom is -0.475 e. The molecule has 0 amide bonds. The van der Waals surface area contributed by atoms with Crippen molar-refractivity contribution in [3.05, 3.63) is 61.1 Å². The van der Waals surface area contributed by atoms with Gasteiger partial charge in [-0.3, -0.25) is 9.67 Å². The highest BCUT2D eigenvalue weighted by molar-refractivity contribution is 5.89. The summed E-state index contributed by atoms with van der Waals surface area (Å²) in [5.74, 6) is -2.76. The lowest BCUT2D eigenvalue weighted by atomic mass is 10.1. The Morgan fingerprint density at radius 3 is 2.61 bits per heavy atom. The van der Waals surface area contributed by atoms with Gasteiger partial charge < -0.3 is 10.1 Å². The topological polar surface area (TPSA) is 133 Å². The van der Waals surface area contributed by atoms with Gasteiger partial charge in [0.25, 0.3) is 0 Å². The van der Waals surface area contributed by atoms with Crippen LogP contribution in [0.3, 0.4) is 0 Å². The number of rotatable bonds is 4. The van der Waals surface area contributed by atoms with Gasteiger partial charge in [0.1, 0.15) is 12.0 Å². The Morgan fingerprint density at radius 1 is 1.26 bits per heavy atom. The second kappa shape index (κ2) is 9.04. The molecule has 1 unspecified atom stereocenters. The summed E-state index contributed by atoms with van der Waals surface area (Å²) < 4.78 is 33.5. The van der Waals surface area contributed by atoms with Gasteiger partial charge in [-0.2, -0.15) is 23.5 Å². The Labute approximate surface area is 172 Å². The van der Waals surface area contributed by atoms with Crippen molar-refractivity contribution >= 4 is 17.0 Å². The van der Waals surface area contributed by atoms with Crippen molar-refractivity contribution in [3.63, 3.8) is 0 Å². The van der Waals surface area contributed by atoms with Crippen LogP contribution in [0.5, 0.6) is 0 Å². The molecule has 4 heterocycles. The van der Waals surface area contributed by atoms with Crippen molar-refractivity contribution in [2.24, 2.45) is 0 Å². The number of nitrogens with one attached hydrogen (secondary N) is 1. The number of fused-ring (bicyclic) bond motifs is 1. The molecule has 1 atom stereocenters. The summed E-state index contributed by atoms with van der Waals surface area (Å²) >= 11 is 0. The molecule has 0 fully saturated rings. The average molecular weight is 429 g/mol. The molecule has 31 heavy (non-hydrogen) atoms. The molecule has 4 rings (SSSR count). The maximum atomic E-state index is 10.6. The van der Waals surface area contributed by atoms with Crippen molar-refractivity contribution in [2.45, 2.75) is 18.6 Å². The molecule has 0 saturated heterocycles. The summed E-state index contributed by atoms with van der Waals surface area (Å²) in [7, 11) is 0. The fourth-order valence-electron chi connectivity index (χ4n) is 2.77. The Morgan fingerprint density at radius 2 is 1.97 bits per heavy atom. The van der Waals surface area contributed by atoms with E-state index in [2.05, 4.69) is 31.1 Å². The van der Waals surface area contributed by atoms with Crippen molar-refractivity contribution in [2.75, 3.05) is 0 Å². The highest BCUT2D eigenvalue weighted by Crippen LogP contribution is 2.27. The van der Waals surface area contributed by atoms with E-state index in [4.69, 9.17) is 15.2 Å². The second-order valence-corrected chi connectivity index (χ2v) is 6.13. The maximum Gasteiger partial charge on any atom is 0.490 e. The molecule has 9 nitrogen and oxygen atoms in total. The SMILES string of the molecule is N#CCC(c1ccncc1)n1cc(-c2ncnc3[nH]ccc23)cn1.O=C(O)C(F)(F)F. The summed E-state index contributed by atoms with van der Waals surface area (Å²) in [4.78, 5) is 24.6. The molecule has 0 saturated carbocycles. The van der Waals surface area contributed by atoms with Crippen LogP contribution in [-0.2, 0) is 4.79 Å². The molecule has 0 spiro atoms. The highest BCUT2D eigenvalue weighted by Gasteiger charge is 2.38. The first-order chi connectivity index (χ1) is 14.8. The number of alkyl halides is 3. The van der Waals surface area contributed by atoms with Gasteiger partial charge in [-0.05, 0) is 23.8 Å². The first-order valence-corrected chi connectivity index (χ1v) is 8.71. The quantitative estimate of drug-likeness (QED) is 0.508. The average Bonchev–Trinajstić information content (AvgIpc) is 3.42. The molecule has 158 valence electrons. The molecule has 12 heteroatoms. The van der Waals surface area contributed by atoms with E-state index < -0.39 is 12.1 Å². The van der Waals surface area contributed by atoms with Crippen LogP contribution in [0, 0.1) is 11.3 Å². The molecule has 2 N–H and O–H groups in total. The number of halogens is 3. The predicted molar refractivity (Wildman–Crippen MR) is 101 cm³/mol. The Kier molecular flexibility index (Phi) is 6.25. The van der Waals surface area contributed by atoms with Gasteiger partial charge in [0.2, 0.25) is 0 Å². The number of H-pyrrole nitrogens is 1. The van der Waals surface area contributed by atoms with E-state index in [0.29, 0.717) is 6.42 Å². The highest BCUT2D eigenvalue weighted by atomic mass is 19.4. The number of nitrogens with zero attached hydrogens (tertiary/aromatic N) is 6. The molecular weight excluding hydrogens is 415 g/mol. The van der Waals surface area contributed by atoms with Crippen LogP contribution in [0.25, 0.3) is 22.3 Å². The van der Waals surface area contributed by atoms with Gasteiger partial charge in [-0.25, -0.2) is 14.8 Å². The normalized spacial score (nSPS) is 11.9. The van der Waals surface area contributed by atoms with E-state index in [0.717, 1.165) is 27.9 Å². The summed E-state index contributed by atoms with van der Waals surface area (Å²) in [5.41, 5.74) is 3.49. The molecule has 0 aromatic carbocycles. The standard InChI is InChI=1S/C17H13N7.C2HF3O2/c18-5-1-15(12-2-6-19-7-3-12)24-10-13(9-23-24)16-14-4-8-20-17(14)22-11-21-16;3-2(4,5)1(6)7/h2-4,6-11,15H,1H2,(H,20,21,22);(H,6,7). The van der Waals surface area contributed by atoms with Crippen LogP contribution in [0.15, 0.2) is 55.5 Å². The van der Waals surface area contributed by atoms with Crippen LogP contribution >= 0.6 is 0 Å². The smallest absolute Gasteiger partial charge is 0.475 e. The zero-order valence-electron chi connectivity index (χ0n) is 15.7. The van der Waals surface area contributed by atoms with E-state index in [9.17, 15) is 13.2 Å². The van der Waals surface area contributed by atoms with E-state index in [1.54, 1.807) is 23.3 Å². The van der Waals surface area contributed by atoms with Gasteiger partial charge >= 0.3 is 12.1 Å². The number of pyridine rings is 1. The number of aromatic nitrogens is 6. The largest absolute Gasteiger partial charge is 0.490 e. The lowest BCUT2D eigenvalue weighted by Crippen LogP contribution is -2.21. The van der Waals surface area contributed by atoms with Crippen molar-refractivity contribution < 1.29 is 23.1 Å². The zero-order valence-corrected chi connectivity index (χ0v) is 15.7. The number of carboxylic acids is 1. The van der Waals surface area contributed by atoms with Crippen LogP contribution < -0.4 is 0 Å². The Bertz CT molecular complexity index is 1210. The Hall–Kier alpha value is -4.27. The molecule has 0 aliphatic carbocycles. The summed E-state index contributed by atoms with van der Waals surface area (Å²) in [6.07, 6.45) is 5.73. The fraction of sp³-hybridized carbons (Fsp3) is 0.158. The van der Waals surface area contributed by atoms with Gasteiger partial charge in [0.15, 0.2) is 0 Å². The number of hydrogen-bond donors (Lipinski definition) is 2. The molecular formula is C19H14F3N7O2. The van der Waals surface area contributed by atoms with E-state index >= 15 is 0 Å². The van der Waals surface area contributed by atoms with Crippen LogP contribution in [0.1, 0.15) is 18.0 Å². The van der Waals surface area contributed by atoms with Crippen LogP contribution in [0.4, 0.5) is 13.2 Å². The van der Waals surface area contributed by atoms with Crippen molar-refractivity contribution in [3.8, 4) is 17.3 Å². The number of carboxylic acid groups (broad SMARTS) is 1. The third-order valence-corrected chi connectivity index (χ3v) is 4.17. The lowest BCUT2D eigenvalue weighted by Gasteiger charge is -2.14. The molecule has 0 radical (unpaired) electrons. The second-order valence-electron chi connectivity index (χ2n) is 6.13. The van der Waals surface area contributed by atoms with Crippen LogP contribution in [0.2, 0.25) is 0 Å². The molecule has 0 bridgehead atoms. The van der Waals surface area contributed by atoms with Gasteiger partial charge in [0, 0.05) is 35.7 Å². The summed E-state index contributed by atoms with van der Waals surface area (Å²) in [6, 6.07) is 7.81.